The van der Waals surface area contributed by atoms with Crippen molar-refractivity contribution in [2.75, 3.05) is 26.2 Å². The van der Waals surface area contributed by atoms with E-state index in [4.69, 9.17) is 9.47 Å². The Morgan fingerprint density at radius 1 is 0.878 bits per heavy atom. The normalized spacial score (nSPS) is 22.2. The molecule has 14 heteroatoms. The molecule has 0 spiro atoms. The van der Waals surface area contributed by atoms with Gasteiger partial charge in [-0.15, -0.1) is 0 Å². The number of rotatable bonds is 6. The number of nitrogens with zero attached hydrogens (tertiary/aromatic N) is 4. The van der Waals surface area contributed by atoms with E-state index < -0.39 is 27.4 Å². The summed E-state index contributed by atoms with van der Waals surface area (Å²) >= 11 is 0. The van der Waals surface area contributed by atoms with Crippen LogP contribution in [0.25, 0.3) is 10.9 Å². The number of halogens is 3. The molecule has 3 atom stereocenters. The maximum absolute atomic E-state index is 13.9. The lowest BCUT2D eigenvalue weighted by molar-refractivity contribution is -0.137. The Morgan fingerprint density at radius 2 is 1.49 bits per heavy atom. The van der Waals surface area contributed by atoms with Gasteiger partial charge in [-0.25, -0.2) is 13.2 Å². The number of hydrogen-bond acceptors (Lipinski definition) is 6. The molecule has 0 unspecified atom stereocenters. The van der Waals surface area contributed by atoms with Gasteiger partial charge in [0.05, 0.1) is 10.5 Å². The minimum atomic E-state index is -4.57. The molecule has 49 heavy (non-hydrogen) atoms. The molecule has 2 bridgehead atoms. The average molecular weight is 705 g/mol. The molecular weight excluding hydrogens is 661 g/mol. The summed E-state index contributed by atoms with van der Waals surface area (Å²) in [5.74, 6) is 0.453. The van der Waals surface area contributed by atoms with Gasteiger partial charge in [0, 0.05) is 68.0 Å². The Kier molecular flexibility index (Phi) is 9.18. The Morgan fingerprint density at radius 3 is 2.04 bits per heavy atom. The van der Waals surface area contributed by atoms with Crippen LogP contribution in [0, 0.1) is 0 Å². The number of alkyl halides is 3. The second-order valence-electron chi connectivity index (χ2n) is 14.4. The van der Waals surface area contributed by atoms with Crippen molar-refractivity contribution in [3.8, 4) is 5.75 Å². The van der Waals surface area contributed by atoms with Crippen molar-refractivity contribution in [3.63, 3.8) is 0 Å². The molecule has 3 fully saturated rings. The first-order valence-electron chi connectivity index (χ1n) is 16.7. The van der Waals surface area contributed by atoms with Gasteiger partial charge in [-0.3, -0.25) is 4.79 Å². The number of sulfonamides is 1. The fourth-order valence-electron chi connectivity index (χ4n) is 7.30. The molecule has 0 radical (unpaired) electrons. The third-order valence-electron chi connectivity index (χ3n) is 9.49. The number of aromatic nitrogens is 1. The van der Waals surface area contributed by atoms with Crippen molar-refractivity contribution < 1.29 is 40.7 Å². The van der Waals surface area contributed by atoms with E-state index in [-0.39, 0.29) is 67.3 Å². The second kappa shape index (κ2) is 12.8. The lowest BCUT2D eigenvalue weighted by Crippen LogP contribution is -2.50. The van der Waals surface area contributed by atoms with E-state index in [9.17, 15) is 31.2 Å². The van der Waals surface area contributed by atoms with E-state index in [1.54, 1.807) is 4.90 Å². The number of benzene rings is 2. The van der Waals surface area contributed by atoms with Crippen LogP contribution in [-0.2, 0) is 20.9 Å². The molecule has 3 saturated heterocycles. The number of fused-ring (bicyclic) bond motifs is 3. The van der Waals surface area contributed by atoms with Crippen molar-refractivity contribution in [3.05, 3.63) is 59.8 Å². The zero-order valence-electron chi connectivity index (χ0n) is 28.4. The molecule has 3 aliphatic heterocycles. The van der Waals surface area contributed by atoms with Crippen LogP contribution in [0.5, 0.6) is 5.75 Å². The second-order valence-corrected chi connectivity index (χ2v) is 16.4. The summed E-state index contributed by atoms with van der Waals surface area (Å²) in [4.78, 5) is 30.0. The Balaban J connectivity index is 1.13. The highest BCUT2D eigenvalue weighted by Gasteiger charge is 2.45. The number of piperidine rings is 1. The van der Waals surface area contributed by atoms with E-state index in [1.807, 2.05) is 68.4 Å². The Hall–Kier alpha value is -3.78. The molecule has 10 nitrogen and oxygen atoms in total. The van der Waals surface area contributed by atoms with E-state index in [0.717, 1.165) is 48.0 Å². The van der Waals surface area contributed by atoms with Gasteiger partial charge in [0.2, 0.25) is 10.0 Å². The number of piperazine rings is 1. The van der Waals surface area contributed by atoms with Crippen LogP contribution in [-0.4, -0.2) is 89.1 Å². The predicted octanol–water partition coefficient (Wildman–Crippen LogP) is 6.70. The zero-order chi connectivity index (χ0) is 35.5. The molecule has 1 aromatic heterocycles. The molecular formula is C35H43F3N4O6S. The molecule has 4 heterocycles. The first-order chi connectivity index (χ1) is 22.9. The van der Waals surface area contributed by atoms with Crippen LogP contribution in [0.15, 0.2) is 53.4 Å². The van der Waals surface area contributed by atoms with Crippen molar-refractivity contribution in [2.45, 2.75) is 101 Å². The zero-order valence-corrected chi connectivity index (χ0v) is 29.2. The van der Waals surface area contributed by atoms with Gasteiger partial charge in [-0.2, -0.15) is 17.5 Å². The van der Waals surface area contributed by atoms with Crippen LogP contribution in [0.2, 0.25) is 0 Å². The van der Waals surface area contributed by atoms with Crippen molar-refractivity contribution >= 4 is 32.9 Å². The summed E-state index contributed by atoms with van der Waals surface area (Å²) in [6.45, 7) is 9.89. The van der Waals surface area contributed by atoms with Gasteiger partial charge in [-0.05, 0) is 96.0 Å². The average Bonchev–Trinajstić information content (AvgIpc) is 3.54. The van der Waals surface area contributed by atoms with E-state index >= 15 is 0 Å². The first kappa shape index (κ1) is 35.1. The maximum atomic E-state index is 13.9. The Bertz CT molecular complexity index is 1810. The number of carbonyl (C=O) groups is 2. The number of carbonyl (C=O) groups excluding carboxylic acids is 2. The van der Waals surface area contributed by atoms with Crippen LogP contribution in [0.4, 0.5) is 18.0 Å². The molecule has 3 aliphatic rings. The van der Waals surface area contributed by atoms with Gasteiger partial charge >= 0.3 is 12.3 Å². The topological polar surface area (TPSA) is 101 Å². The summed E-state index contributed by atoms with van der Waals surface area (Å²) in [7, 11) is -4.03. The van der Waals surface area contributed by atoms with Gasteiger partial charge in [-0.1, -0.05) is 0 Å². The molecule has 2 aromatic carbocycles. The minimum absolute atomic E-state index is 0.0176. The fourth-order valence-corrected chi connectivity index (χ4v) is 8.72. The lowest BCUT2D eigenvalue weighted by Gasteiger charge is -2.39. The standard InChI is InChI=1S/C35H43F3N4O6S/c1-22(2)41-30-13-10-27(47-28-20-25-8-9-26(21-28)42(25)33(44)48-34(3,4)5)18-23(30)19-31(41)32(43)39-14-16-40(17-15-39)49(45,46)29-11-6-24(7-12-29)35(36,37)38/h6-7,10-13,18-19,22,25-26,28H,8-9,14-17,20-21H2,1-5H3/t25-,26+,28+. The van der Waals surface area contributed by atoms with E-state index in [2.05, 4.69) is 0 Å². The third-order valence-corrected chi connectivity index (χ3v) is 11.4. The van der Waals surface area contributed by atoms with Crippen LogP contribution in [0.3, 0.4) is 0 Å². The molecule has 2 amide bonds. The van der Waals surface area contributed by atoms with Gasteiger partial charge in [0.15, 0.2) is 0 Å². The minimum Gasteiger partial charge on any atom is -0.490 e. The number of hydrogen-bond donors (Lipinski definition) is 0. The first-order valence-corrected chi connectivity index (χ1v) is 18.2. The highest BCUT2D eigenvalue weighted by molar-refractivity contribution is 7.89. The summed E-state index contributed by atoms with van der Waals surface area (Å²) in [5, 5.41) is 0.840. The summed E-state index contributed by atoms with van der Waals surface area (Å²) in [6.07, 6.45) is -1.63. The van der Waals surface area contributed by atoms with Gasteiger partial charge in [0.1, 0.15) is 23.1 Å². The van der Waals surface area contributed by atoms with Crippen molar-refractivity contribution in [2.24, 2.45) is 0 Å². The number of ether oxygens (including phenoxy) is 2. The van der Waals surface area contributed by atoms with Crippen LogP contribution < -0.4 is 4.74 Å². The Labute approximate surface area is 284 Å². The van der Waals surface area contributed by atoms with Crippen LogP contribution >= 0.6 is 0 Å². The fraction of sp³-hybridized carbons (Fsp3) is 0.543. The van der Waals surface area contributed by atoms with Crippen molar-refractivity contribution in [1.29, 1.82) is 0 Å². The monoisotopic (exact) mass is 704 g/mol. The molecule has 6 rings (SSSR count). The van der Waals surface area contributed by atoms with Crippen molar-refractivity contribution in [1.82, 2.24) is 18.7 Å². The molecule has 0 aliphatic carbocycles. The quantitative estimate of drug-likeness (QED) is 0.283. The summed E-state index contributed by atoms with van der Waals surface area (Å²) in [6, 6.07) is 11.2. The molecule has 3 aromatic rings. The third kappa shape index (κ3) is 7.12. The molecule has 0 saturated carbocycles. The summed E-state index contributed by atoms with van der Waals surface area (Å²) in [5.41, 5.74) is -0.133. The lowest BCUT2D eigenvalue weighted by atomic mass is 10.00. The SMILES string of the molecule is CC(C)n1c(C(=O)N2CCN(S(=O)(=O)c3ccc(C(F)(F)F)cc3)CC2)cc2cc(O[C@H]3C[C@H]4CC[C@@H](C3)N4C(=O)OC(C)(C)C)ccc21. The maximum Gasteiger partial charge on any atom is 0.416 e. The highest BCUT2D eigenvalue weighted by Crippen LogP contribution is 2.39. The van der Waals surface area contributed by atoms with E-state index in [0.29, 0.717) is 24.3 Å². The largest absolute Gasteiger partial charge is 0.490 e. The van der Waals surface area contributed by atoms with Gasteiger partial charge in [0.25, 0.3) is 5.91 Å². The molecule has 266 valence electrons. The smallest absolute Gasteiger partial charge is 0.416 e. The van der Waals surface area contributed by atoms with Crippen LogP contribution in [0.1, 0.15) is 82.4 Å². The highest BCUT2D eigenvalue weighted by atomic mass is 32.2. The molecule has 0 N–H and O–H groups in total. The predicted molar refractivity (Wildman–Crippen MR) is 177 cm³/mol. The summed E-state index contributed by atoms with van der Waals surface area (Å²) < 4.78 is 80.5. The van der Waals surface area contributed by atoms with Gasteiger partial charge < -0.3 is 23.8 Å². The van der Waals surface area contributed by atoms with E-state index in [1.165, 1.54) is 4.31 Å². The number of amides is 2.